The molecule has 2 saturated heterocycles. The summed E-state index contributed by atoms with van der Waals surface area (Å²) in [6.45, 7) is 2.55. The lowest BCUT2D eigenvalue weighted by molar-refractivity contribution is 0.0730. The van der Waals surface area contributed by atoms with Crippen LogP contribution in [0.25, 0.3) is 0 Å². The van der Waals surface area contributed by atoms with Gasteiger partial charge in [-0.15, -0.1) is 0 Å². The fourth-order valence-electron chi connectivity index (χ4n) is 3.80. The average Bonchev–Trinajstić information content (AvgIpc) is 3.37. The quantitative estimate of drug-likeness (QED) is 0.637. The number of rotatable bonds is 7. The Hall–Kier alpha value is -2.97. The number of anilines is 2. The van der Waals surface area contributed by atoms with Crippen LogP contribution >= 0.6 is 0 Å². The zero-order chi connectivity index (χ0) is 23.3. The van der Waals surface area contributed by atoms with Crippen molar-refractivity contribution in [3.63, 3.8) is 0 Å². The van der Waals surface area contributed by atoms with Crippen LogP contribution in [0.2, 0.25) is 0 Å². The van der Waals surface area contributed by atoms with E-state index in [1.807, 2.05) is 6.07 Å². The number of hydrogen-bond acceptors (Lipinski definition) is 7. The van der Waals surface area contributed by atoms with E-state index in [1.165, 1.54) is 10.4 Å². The van der Waals surface area contributed by atoms with Crippen molar-refractivity contribution in [3.8, 4) is 6.07 Å². The summed E-state index contributed by atoms with van der Waals surface area (Å²) in [5.74, 6) is -0.402. The molecule has 2 fully saturated rings. The number of amides is 1. The van der Waals surface area contributed by atoms with Gasteiger partial charge in [-0.05, 0) is 55.3 Å². The average molecular weight is 471 g/mol. The number of sulfonamides is 1. The Morgan fingerprint density at radius 2 is 1.85 bits per heavy atom. The van der Waals surface area contributed by atoms with Gasteiger partial charge in [-0.2, -0.15) is 9.57 Å². The molecule has 10 heteroatoms. The van der Waals surface area contributed by atoms with Crippen molar-refractivity contribution in [2.45, 2.75) is 23.8 Å². The first-order valence-corrected chi connectivity index (χ1v) is 12.3. The van der Waals surface area contributed by atoms with Gasteiger partial charge in [0.05, 0.1) is 47.2 Å². The third-order valence-corrected chi connectivity index (χ3v) is 7.56. The molecule has 2 aromatic carbocycles. The van der Waals surface area contributed by atoms with E-state index >= 15 is 0 Å². The van der Waals surface area contributed by atoms with Gasteiger partial charge in [0.2, 0.25) is 10.0 Å². The van der Waals surface area contributed by atoms with Crippen molar-refractivity contribution in [1.29, 1.82) is 5.26 Å². The zero-order valence-corrected chi connectivity index (χ0v) is 18.9. The molecule has 0 aliphatic carbocycles. The lowest BCUT2D eigenvalue weighted by Gasteiger charge is -2.26. The van der Waals surface area contributed by atoms with Gasteiger partial charge in [0.15, 0.2) is 0 Å². The fraction of sp³-hybridized carbons (Fsp3) is 0.391. The Kier molecular flexibility index (Phi) is 7.25. The van der Waals surface area contributed by atoms with Gasteiger partial charge in [0.25, 0.3) is 5.91 Å². The predicted molar refractivity (Wildman–Crippen MR) is 123 cm³/mol. The van der Waals surface area contributed by atoms with Crippen molar-refractivity contribution < 1.29 is 22.7 Å². The molecule has 0 aromatic heterocycles. The van der Waals surface area contributed by atoms with E-state index in [0.29, 0.717) is 42.3 Å². The Morgan fingerprint density at radius 3 is 2.52 bits per heavy atom. The fourth-order valence-corrected chi connectivity index (χ4v) is 5.23. The molecule has 2 N–H and O–H groups in total. The van der Waals surface area contributed by atoms with E-state index < -0.39 is 15.9 Å². The summed E-state index contributed by atoms with van der Waals surface area (Å²) in [5.41, 5.74) is 1.77. The molecular weight excluding hydrogens is 444 g/mol. The van der Waals surface area contributed by atoms with Crippen molar-refractivity contribution in [1.82, 2.24) is 4.31 Å². The Balaban J connectivity index is 1.60. The van der Waals surface area contributed by atoms with Crippen molar-refractivity contribution in [2.75, 3.05) is 50.1 Å². The van der Waals surface area contributed by atoms with Gasteiger partial charge < -0.3 is 20.1 Å². The zero-order valence-electron chi connectivity index (χ0n) is 18.1. The maximum Gasteiger partial charge on any atom is 0.255 e. The monoisotopic (exact) mass is 470 g/mol. The molecule has 33 heavy (non-hydrogen) atoms. The molecule has 1 amide bonds. The van der Waals surface area contributed by atoms with E-state index in [0.717, 1.165) is 19.4 Å². The van der Waals surface area contributed by atoms with Gasteiger partial charge in [0, 0.05) is 31.8 Å². The van der Waals surface area contributed by atoms with Crippen LogP contribution in [0, 0.1) is 11.3 Å². The maximum absolute atomic E-state index is 13.1. The first kappa shape index (κ1) is 23.2. The number of ether oxygens (including phenoxy) is 2. The Labute approximate surface area is 193 Å². The van der Waals surface area contributed by atoms with Gasteiger partial charge in [-0.25, -0.2) is 8.42 Å². The van der Waals surface area contributed by atoms with Crippen LogP contribution in [-0.2, 0) is 19.5 Å². The van der Waals surface area contributed by atoms with E-state index in [1.54, 1.807) is 36.4 Å². The summed E-state index contributed by atoms with van der Waals surface area (Å²) in [6.07, 6.45) is 2.03. The van der Waals surface area contributed by atoms with Gasteiger partial charge in [-0.1, -0.05) is 0 Å². The summed E-state index contributed by atoms with van der Waals surface area (Å²) in [5, 5.41) is 15.1. The predicted octanol–water partition coefficient (Wildman–Crippen LogP) is 2.42. The topological polar surface area (TPSA) is 121 Å². The molecule has 2 heterocycles. The number of morpholine rings is 1. The van der Waals surface area contributed by atoms with Crippen molar-refractivity contribution in [2.24, 2.45) is 0 Å². The van der Waals surface area contributed by atoms with Gasteiger partial charge in [0.1, 0.15) is 0 Å². The first-order valence-electron chi connectivity index (χ1n) is 10.9. The van der Waals surface area contributed by atoms with Crippen LogP contribution in [-0.4, -0.2) is 64.2 Å². The van der Waals surface area contributed by atoms with Gasteiger partial charge >= 0.3 is 0 Å². The van der Waals surface area contributed by atoms with Crippen LogP contribution in [0.1, 0.15) is 28.8 Å². The van der Waals surface area contributed by atoms with Crippen LogP contribution < -0.4 is 10.6 Å². The number of nitrogens with zero attached hydrogens (tertiary/aromatic N) is 2. The van der Waals surface area contributed by atoms with E-state index in [4.69, 9.17) is 14.7 Å². The van der Waals surface area contributed by atoms with Crippen molar-refractivity contribution in [3.05, 3.63) is 53.6 Å². The number of benzene rings is 2. The van der Waals surface area contributed by atoms with Crippen molar-refractivity contribution >= 4 is 27.3 Å². The summed E-state index contributed by atoms with van der Waals surface area (Å²) in [4.78, 5) is 13.0. The molecule has 1 atom stereocenters. The standard InChI is InChI=1S/C23H26N4O5S/c24-15-17-3-5-18(6-4-17)23(28)26-22-14-20(33(29,30)27-9-12-31-13-10-27)7-8-21(22)25-16-19-2-1-11-32-19/h3-8,14,19,25H,1-2,9-13,16H2,(H,26,28)/t19-/m1/s1. The highest BCUT2D eigenvalue weighted by atomic mass is 32.2. The highest BCUT2D eigenvalue weighted by Gasteiger charge is 2.27. The smallest absolute Gasteiger partial charge is 0.255 e. The molecule has 174 valence electrons. The molecular formula is C23H26N4O5S. The second-order valence-electron chi connectivity index (χ2n) is 7.88. The van der Waals surface area contributed by atoms with E-state index in [-0.39, 0.29) is 24.1 Å². The molecule has 2 aliphatic rings. The van der Waals surface area contributed by atoms with Crippen LogP contribution in [0.3, 0.4) is 0 Å². The molecule has 2 aliphatic heterocycles. The van der Waals surface area contributed by atoms with Crippen LogP contribution in [0.5, 0.6) is 0 Å². The van der Waals surface area contributed by atoms with Crippen LogP contribution in [0.4, 0.5) is 11.4 Å². The molecule has 0 bridgehead atoms. The van der Waals surface area contributed by atoms with Crippen LogP contribution in [0.15, 0.2) is 47.4 Å². The summed E-state index contributed by atoms with van der Waals surface area (Å²) < 4.78 is 38.6. The summed E-state index contributed by atoms with van der Waals surface area (Å²) >= 11 is 0. The molecule has 0 spiro atoms. The minimum absolute atomic E-state index is 0.0730. The maximum atomic E-state index is 13.1. The lowest BCUT2D eigenvalue weighted by Crippen LogP contribution is -2.40. The Morgan fingerprint density at radius 1 is 1.09 bits per heavy atom. The SMILES string of the molecule is N#Cc1ccc(C(=O)Nc2cc(S(=O)(=O)N3CCOCC3)ccc2NC[C@H]2CCCO2)cc1. The largest absolute Gasteiger partial charge is 0.381 e. The summed E-state index contributed by atoms with van der Waals surface area (Å²) in [6, 6.07) is 12.9. The normalized spacial score (nSPS) is 19.1. The molecule has 0 unspecified atom stereocenters. The highest BCUT2D eigenvalue weighted by molar-refractivity contribution is 7.89. The van der Waals surface area contributed by atoms with Gasteiger partial charge in [-0.3, -0.25) is 4.79 Å². The molecule has 9 nitrogen and oxygen atoms in total. The minimum Gasteiger partial charge on any atom is -0.381 e. The van der Waals surface area contributed by atoms with E-state index in [2.05, 4.69) is 10.6 Å². The third kappa shape index (κ3) is 5.51. The second-order valence-corrected chi connectivity index (χ2v) is 9.82. The molecule has 2 aromatic rings. The lowest BCUT2D eigenvalue weighted by atomic mass is 10.1. The number of nitrogens with one attached hydrogen (secondary N) is 2. The number of hydrogen-bond donors (Lipinski definition) is 2. The Bertz CT molecular complexity index is 1130. The first-order chi connectivity index (χ1) is 16.0. The minimum atomic E-state index is -3.73. The number of nitriles is 1. The third-order valence-electron chi connectivity index (χ3n) is 5.67. The molecule has 0 radical (unpaired) electrons. The molecule has 0 saturated carbocycles. The summed E-state index contributed by atoms with van der Waals surface area (Å²) in [7, 11) is -3.73. The number of carbonyl (C=O) groups excluding carboxylic acids is 1. The number of carbonyl (C=O) groups is 1. The van der Waals surface area contributed by atoms with E-state index in [9.17, 15) is 13.2 Å². The second kappa shape index (κ2) is 10.3. The molecule has 4 rings (SSSR count). The highest BCUT2D eigenvalue weighted by Crippen LogP contribution is 2.29.